The fourth-order valence-electron chi connectivity index (χ4n) is 2.69. The predicted octanol–water partition coefficient (Wildman–Crippen LogP) is -0.521. The maximum absolute atomic E-state index is 12.3. The largest absolute Gasteiger partial charge is 0.379 e. The lowest BCUT2D eigenvalue weighted by Crippen LogP contribution is -2.57. The summed E-state index contributed by atoms with van der Waals surface area (Å²) in [7, 11) is 0. The summed E-state index contributed by atoms with van der Waals surface area (Å²) >= 11 is 0. The van der Waals surface area contributed by atoms with Gasteiger partial charge in [-0.15, -0.1) is 0 Å². The second-order valence-corrected chi connectivity index (χ2v) is 5.63. The summed E-state index contributed by atoms with van der Waals surface area (Å²) in [6, 6.07) is 0. The van der Waals surface area contributed by atoms with Crippen molar-refractivity contribution in [3.63, 3.8) is 0 Å². The van der Waals surface area contributed by atoms with Crippen LogP contribution in [0.25, 0.3) is 0 Å². The van der Waals surface area contributed by atoms with Gasteiger partial charge in [0.1, 0.15) is 5.54 Å². The molecule has 1 unspecified atom stereocenters. The number of nitrogens with two attached hydrogens (primary N) is 1. The van der Waals surface area contributed by atoms with E-state index < -0.39 is 5.54 Å². The monoisotopic (exact) mass is 269 g/mol. The average molecular weight is 269 g/mol. The Bertz CT molecular complexity index is 345. The van der Waals surface area contributed by atoms with Crippen molar-refractivity contribution in [2.75, 3.05) is 32.8 Å². The number of nitrogens with one attached hydrogen (secondary N) is 1. The quantitative estimate of drug-likeness (QED) is 0.722. The highest BCUT2D eigenvalue weighted by molar-refractivity contribution is 5.86. The fourth-order valence-corrected chi connectivity index (χ4v) is 2.69. The molecule has 108 valence electrons. The Kier molecular flexibility index (Phi) is 4.42. The van der Waals surface area contributed by atoms with Crippen LogP contribution in [0.15, 0.2) is 0 Å². The zero-order valence-corrected chi connectivity index (χ0v) is 11.5. The third-order valence-corrected chi connectivity index (χ3v) is 4.02. The number of piperidine rings is 1. The highest BCUT2D eigenvalue weighted by Crippen LogP contribution is 2.23. The average Bonchev–Trinajstić information content (AvgIpc) is 2.84. The van der Waals surface area contributed by atoms with Crippen molar-refractivity contribution in [2.24, 2.45) is 11.7 Å². The molecule has 2 rings (SSSR count). The van der Waals surface area contributed by atoms with Crippen LogP contribution in [0.3, 0.4) is 0 Å². The maximum Gasteiger partial charge on any atom is 0.245 e. The molecule has 0 bridgehead atoms. The van der Waals surface area contributed by atoms with Crippen LogP contribution < -0.4 is 11.1 Å². The number of ether oxygens (including phenoxy) is 1. The molecule has 19 heavy (non-hydrogen) atoms. The molecule has 0 aromatic rings. The molecule has 2 heterocycles. The molecule has 2 aliphatic heterocycles. The third-order valence-electron chi connectivity index (χ3n) is 4.02. The van der Waals surface area contributed by atoms with Crippen LogP contribution in [0, 0.1) is 5.92 Å². The van der Waals surface area contributed by atoms with Gasteiger partial charge in [0.15, 0.2) is 0 Å². The van der Waals surface area contributed by atoms with E-state index in [9.17, 15) is 9.59 Å². The van der Waals surface area contributed by atoms with Crippen LogP contribution in [0.5, 0.6) is 0 Å². The Labute approximate surface area is 113 Å². The van der Waals surface area contributed by atoms with Crippen LogP contribution in [-0.2, 0) is 14.3 Å². The second kappa shape index (κ2) is 5.88. The van der Waals surface area contributed by atoms with Gasteiger partial charge in [0.25, 0.3) is 0 Å². The number of hydrogen-bond acceptors (Lipinski definition) is 4. The van der Waals surface area contributed by atoms with Crippen molar-refractivity contribution in [1.29, 1.82) is 0 Å². The molecule has 0 saturated carbocycles. The highest BCUT2D eigenvalue weighted by Gasteiger charge is 2.41. The molecule has 2 amide bonds. The van der Waals surface area contributed by atoms with Gasteiger partial charge in [-0.3, -0.25) is 9.59 Å². The van der Waals surface area contributed by atoms with E-state index in [1.54, 1.807) is 0 Å². The number of nitrogens with zero attached hydrogens (tertiary/aromatic N) is 1. The van der Waals surface area contributed by atoms with Gasteiger partial charge in [-0.05, 0) is 25.2 Å². The molecule has 0 aromatic heterocycles. The Morgan fingerprint density at radius 2 is 2.11 bits per heavy atom. The van der Waals surface area contributed by atoms with Gasteiger partial charge in [-0.25, -0.2) is 0 Å². The van der Waals surface area contributed by atoms with E-state index >= 15 is 0 Å². The first kappa shape index (κ1) is 14.3. The van der Waals surface area contributed by atoms with E-state index in [4.69, 9.17) is 10.5 Å². The van der Waals surface area contributed by atoms with E-state index in [2.05, 4.69) is 5.32 Å². The van der Waals surface area contributed by atoms with E-state index in [1.165, 1.54) is 6.92 Å². The zero-order chi connectivity index (χ0) is 13.9. The Morgan fingerprint density at radius 1 is 1.42 bits per heavy atom. The summed E-state index contributed by atoms with van der Waals surface area (Å²) in [6.07, 6.45) is 2.45. The standard InChI is InChI=1S/C13H23N3O3/c1-10(17)15-8-11-2-5-16(6-3-11)12(18)13(14)4-7-19-9-13/h11H,2-9,14H2,1H3,(H,15,17). The topological polar surface area (TPSA) is 84.7 Å². The Hall–Kier alpha value is -1.14. The van der Waals surface area contributed by atoms with E-state index in [1.807, 2.05) is 4.90 Å². The van der Waals surface area contributed by atoms with Crippen molar-refractivity contribution < 1.29 is 14.3 Å². The molecule has 0 spiro atoms. The fraction of sp³-hybridized carbons (Fsp3) is 0.846. The molecule has 0 radical (unpaired) electrons. The smallest absolute Gasteiger partial charge is 0.245 e. The third kappa shape index (κ3) is 3.45. The maximum atomic E-state index is 12.3. The lowest BCUT2D eigenvalue weighted by molar-refractivity contribution is -0.138. The number of hydrogen-bond donors (Lipinski definition) is 2. The summed E-state index contributed by atoms with van der Waals surface area (Å²) in [6.45, 7) is 4.58. The number of carbonyl (C=O) groups excluding carboxylic acids is 2. The first-order valence-corrected chi connectivity index (χ1v) is 6.92. The molecule has 6 nitrogen and oxygen atoms in total. The van der Waals surface area contributed by atoms with Crippen LogP contribution in [0.4, 0.5) is 0 Å². The van der Waals surface area contributed by atoms with Gasteiger partial charge in [0.2, 0.25) is 11.8 Å². The molecular weight excluding hydrogens is 246 g/mol. The van der Waals surface area contributed by atoms with Gasteiger partial charge in [-0.1, -0.05) is 0 Å². The van der Waals surface area contributed by atoms with Gasteiger partial charge in [0, 0.05) is 33.2 Å². The Balaban J connectivity index is 1.79. The minimum atomic E-state index is -0.815. The number of amides is 2. The molecule has 2 fully saturated rings. The summed E-state index contributed by atoms with van der Waals surface area (Å²) in [5, 5.41) is 2.83. The van der Waals surface area contributed by atoms with Gasteiger partial charge in [0.05, 0.1) is 6.61 Å². The van der Waals surface area contributed by atoms with E-state index in [0.29, 0.717) is 32.1 Å². The van der Waals surface area contributed by atoms with Crippen molar-refractivity contribution in [2.45, 2.75) is 31.7 Å². The van der Waals surface area contributed by atoms with Crippen LogP contribution >= 0.6 is 0 Å². The number of carbonyl (C=O) groups is 2. The first-order chi connectivity index (χ1) is 9.01. The van der Waals surface area contributed by atoms with E-state index in [0.717, 1.165) is 25.9 Å². The molecule has 3 N–H and O–H groups in total. The molecule has 0 aromatic carbocycles. The lowest BCUT2D eigenvalue weighted by atomic mass is 9.93. The van der Waals surface area contributed by atoms with Crippen molar-refractivity contribution in [1.82, 2.24) is 10.2 Å². The minimum Gasteiger partial charge on any atom is -0.379 e. The van der Waals surface area contributed by atoms with Crippen LogP contribution in [-0.4, -0.2) is 55.1 Å². The number of likely N-dealkylation sites (tertiary alicyclic amines) is 1. The SMILES string of the molecule is CC(=O)NCC1CCN(C(=O)C2(N)CCOC2)CC1. The normalized spacial score (nSPS) is 28.4. The van der Waals surface area contributed by atoms with Gasteiger partial charge < -0.3 is 20.7 Å². The molecule has 1 atom stereocenters. The van der Waals surface area contributed by atoms with Gasteiger partial charge >= 0.3 is 0 Å². The summed E-state index contributed by atoms with van der Waals surface area (Å²) in [4.78, 5) is 25.1. The zero-order valence-electron chi connectivity index (χ0n) is 11.5. The van der Waals surface area contributed by atoms with E-state index in [-0.39, 0.29) is 11.8 Å². The lowest BCUT2D eigenvalue weighted by Gasteiger charge is -2.36. The molecular formula is C13H23N3O3. The first-order valence-electron chi connectivity index (χ1n) is 6.92. The second-order valence-electron chi connectivity index (χ2n) is 5.63. The molecule has 2 saturated heterocycles. The summed E-state index contributed by atoms with van der Waals surface area (Å²) < 4.78 is 5.24. The summed E-state index contributed by atoms with van der Waals surface area (Å²) in [5.74, 6) is 0.479. The van der Waals surface area contributed by atoms with Crippen LogP contribution in [0.2, 0.25) is 0 Å². The van der Waals surface area contributed by atoms with Crippen LogP contribution in [0.1, 0.15) is 26.2 Å². The number of rotatable bonds is 3. The molecule has 6 heteroatoms. The van der Waals surface area contributed by atoms with Crippen molar-refractivity contribution in [3.05, 3.63) is 0 Å². The highest BCUT2D eigenvalue weighted by atomic mass is 16.5. The predicted molar refractivity (Wildman–Crippen MR) is 70.3 cm³/mol. The Morgan fingerprint density at radius 3 is 2.63 bits per heavy atom. The van der Waals surface area contributed by atoms with Crippen molar-refractivity contribution >= 4 is 11.8 Å². The molecule has 2 aliphatic rings. The van der Waals surface area contributed by atoms with Gasteiger partial charge in [-0.2, -0.15) is 0 Å². The molecule has 0 aliphatic carbocycles. The van der Waals surface area contributed by atoms with Crippen molar-refractivity contribution in [3.8, 4) is 0 Å². The summed E-state index contributed by atoms with van der Waals surface area (Å²) in [5.41, 5.74) is 5.28. The minimum absolute atomic E-state index is 0.00233.